The van der Waals surface area contributed by atoms with Crippen LogP contribution < -0.4 is 0 Å². The summed E-state index contributed by atoms with van der Waals surface area (Å²) in [5.74, 6) is 1.78. The molecule has 5 heteroatoms. The molecule has 0 fully saturated rings. The highest BCUT2D eigenvalue weighted by atomic mass is 16.3. The minimum atomic E-state index is 0.589. The second-order valence-corrected chi connectivity index (χ2v) is 10.8. The lowest BCUT2D eigenvalue weighted by molar-refractivity contribution is 0.668. The van der Waals surface area contributed by atoms with Crippen LogP contribution in [0.5, 0.6) is 0 Å². The van der Waals surface area contributed by atoms with Crippen LogP contribution in [0.25, 0.3) is 89.2 Å². The van der Waals surface area contributed by atoms with Gasteiger partial charge in [-0.25, -0.2) is 15.0 Å². The Balaban J connectivity index is 1.26. The van der Waals surface area contributed by atoms with Crippen molar-refractivity contribution < 1.29 is 8.83 Å². The van der Waals surface area contributed by atoms with Gasteiger partial charge in [-0.15, -0.1) is 0 Å². The summed E-state index contributed by atoms with van der Waals surface area (Å²) < 4.78 is 12.3. The monoisotopic (exact) mass is 565 g/mol. The standard InChI is InChI=1S/C39H23N3O2/c1-2-9-24(10-3-1)25-17-19-26(20-18-25)37-40-38(27-21-22-34-31(23-27)28-11-4-6-14-32(28)43-34)42-39(41-37)30-13-8-16-35-36(30)29-12-5-7-15-33(29)44-35/h1-23H. The molecule has 0 atom stereocenters. The van der Waals surface area contributed by atoms with Gasteiger partial charge in [0.15, 0.2) is 17.5 Å². The molecule has 0 spiro atoms. The lowest BCUT2D eigenvalue weighted by atomic mass is 10.0. The topological polar surface area (TPSA) is 65.0 Å². The predicted octanol–water partition coefficient (Wildman–Crippen LogP) is 10.3. The fourth-order valence-corrected chi connectivity index (χ4v) is 6.02. The molecule has 206 valence electrons. The molecule has 0 aliphatic carbocycles. The molecule has 3 aromatic heterocycles. The van der Waals surface area contributed by atoms with Gasteiger partial charge in [0.2, 0.25) is 0 Å². The van der Waals surface area contributed by atoms with E-state index in [-0.39, 0.29) is 0 Å². The maximum Gasteiger partial charge on any atom is 0.164 e. The second-order valence-electron chi connectivity index (χ2n) is 10.8. The summed E-state index contributed by atoms with van der Waals surface area (Å²) >= 11 is 0. The highest BCUT2D eigenvalue weighted by Gasteiger charge is 2.18. The Bertz CT molecular complexity index is 2490. The van der Waals surface area contributed by atoms with E-state index in [0.717, 1.165) is 71.7 Å². The molecular formula is C39H23N3O2. The Morgan fingerprint density at radius 3 is 1.70 bits per heavy atom. The summed E-state index contributed by atoms with van der Waals surface area (Å²) in [7, 11) is 0. The first kappa shape index (κ1) is 24.5. The molecule has 0 saturated carbocycles. The first-order valence-corrected chi connectivity index (χ1v) is 14.5. The van der Waals surface area contributed by atoms with E-state index >= 15 is 0 Å². The van der Waals surface area contributed by atoms with Gasteiger partial charge in [0.05, 0.1) is 0 Å². The van der Waals surface area contributed by atoms with E-state index in [0.29, 0.717) is 17.5 Å². The quantitative estimate of drug-likeness (QED) is 0.212. The molecule has 0 aliphatic rings. The third-order valence-electron chi connectivity index (χ3n) is 8.16. The lowest BCUT2D eigenvalue weighted by Gasteiger charge is -2.10. The Labute approximate surface area is 252 Å². The van der Waals surface area contributed by atoms with Gasteiger partial charge in [0.1, 0.15) is 22.3 Å². The van der Waals surface area contributed by atoms with Gasteiger partial charge in [-0.05, 0) is 47.5 Å². The minimum absolute atomic E-state index is 0.589. The Morgan fingerprint density at radius 2 is 0.886 bits per heavy atom. The summed E-state index contributed by atoms with van der Waals surface area (Å²) in [6.07, 6.45) is 0. The van der Waals surface area contributed by atoms with Gasteiger partial charge in [-0.2, -0.15) is 0 Å². The van der Waals surface area contributed by atoms with Crippen molar-refractivity contribution in [1.82, 2.24) is 15.0 Å². The molecule has 0 bridgehead atoms. The number of nitrogens with zero attached hydrogens (tertiary/aromatic N) is 3. The van der Waals surface area contributed by atoms with Gasteiger partial charge in [0, 0.05) is 38.2 Å². The van der Waals surface area contributed by atoms with Crippen LogP contribution in [0.4, 0.5) is 0 Å². The van der Waals surface area contributed by atoms with E-state index in [1.807, 2.05) is 78.9 Å². The van der Waals surface area contributed by atoms with E-state index in [2.05, 4.69) is 60.7 Å². The third-order valence-corrected chi connectivity index (χ3v) is 8.16. The smallest absolute Gasteiger partial charge is 0.164 e. The molecule has 9 rings (SSSR count). The fourth-order valence-electron chi connectivity index (χ4n) is 6.02. The number of aromatic nitrogens is 3. The van der Waals surface area contributed by atoms with Gasteiger partial charge >= 0.3 is 0 Å². The van der Waals surface area contributed by atoms with Crippen molar-refractivity contribution in [3.63, 3.8) is 0 Å². The SMILES string of the molecule is c1ccc(-c2ccc(-c3nc(-c4ccc5oc6ccccc6c5c4)nc(-c4cccc5oc6ccccc6c45)n3)cc2)cc1. The molecule has 9 aromatic rings. The first-order valence-electron chi connectivity index (χ1n) is 14.5. The van der Waals surface area contributed by atoms with Gasteiger partial charge in [-0.3, -0.25) is 0 Å². The number of para-hydroxylation sites is 2. The van der Waals surface area contributed by atoms with Crippen LogP contribution in [0.3, 0.4) is 0 Å². The maximum absolute atomic E-state index is 6.20. The number of fused-ring (bicyclic) bond motifs is 6. The molecule has 0 saturated heterocycles. The van der Waals surface area contributed by atoms with Crippen molar-refractivity contribution in [1.29, 1.82) is 0 Å². The van der Waals surface area contributed by atoms with E-state index < -0.39 is 0 Å². The zero-order valence-corrected chi connectivity index (χ0v) is 23.4. The van der Waals surface area contributed by atoms with Crippen LogP contribution in [-0.4, -0.2) is 15.0 Å². The van der Waals surface area contributed by atoms with E-state index in [1.54, 1.807) is 0 Å². The number of rotatable bonds is 4. The summed E-state index contributed by atoms with van der Waals surface area (Å²) in [6, 6.07) is 47.0. The van der Waals surface area contributed by atoms with Crippen LogP contribution in [0, 0.1) is 0 Å². The maximum atomic E-state index is 6.20. The highest BCUT2D eigenvalue weighted by Crippen LogP contribution is 2.37. The van der Waals surface area contributed by atoms with E-state index in [9.17, 15) is 0 Å². The van der Waals surface area contributed by atoms with Crippen LogP contribution in [0.15, 0.2) is 148 Å². The Hall–Kier alpha value is -6.07. The molecule has 44 heavy (non-hydrogen) atoms. The predicted molar refractivity (Wildman–Crippen MR) is 176 cm³/mol. The molecule has 0 aliphatic heterocycles. The molecule has 6 aromatic carbocycles. The first-order chi connectivity index (χ1) is 21.8. The fraction of sp³-hybridized carbons (Fsp3) is 0. The molecular weight excluding hydrogens is 542 g/mol. The lowest BCUT2D eigenvalue weighted by Crippen LogP contribution is -2.00. The number of furan rings is 2. The third kappa shape index (κ3) is 3.98. The van der Waals surface area contributed by atoms with Crippen molar-refractivity contribution in [3.8, 4) is 45.3 Å². The van der Waals surface area contributed by atoms with Gasteiger partial charge in [-0.1, -0.05) is 103 Å². The van der Waals surface area contributed by atoms with Gasteiger partial charge < -0.3 is 8.83 Å². The van der Waals surface area contributed by atoms with Crippen molar-refractivity contribution in [2.45, 2.75) is 0 Å². The summed E-state index contributed by atoms with van der Waals surface area (Å²) in [5.41, 5.74) is 8.31. The zero-order valence-electron chi connectivity index (χ0n) is 23.4. The minimum Gasteiger partial charge on any atom is -0.456 e. The highest BCUT2D eigenvalue weighted by molar-refractivity contribution is 6.12. The van der Waals surface area contributed by atoms with Crippen LogP contribution in [-0.2, 0) is 0 Å². The van der Waals surface area contributed by atoms with Crippen molar-refractivity contribution in [2.24, 2.45) is 0 Å². The van der Waals surface area contributed by atoms with E-state index in [1.165, 1.54) is 0 Å². The number of hydrogen-bond acceptors (Lipinski definition) is 5. The van der Waals surface area contributed by atoms with E-state index in [4.69, 9.17) is 23.8 Å². The Morgan fingerprint density at radius 1 is 0.341 bits per heavy atom. The van der Waals surface area contributed by atoms with Crippen LogP contribution in [0.1, 0.15) is 0 Å². The van der Waals surface area contributed by atoms with Crippen LogP contribution >= 0.6 is 0 Å². The summed E-state index contributed by atoms with van der Waals surface area (Å²) in [5, 5.41) is 4.10. The average molecular weight is 566 g/mol. The molecule has 3 heterocycles. The molecule has 5 nitrogen and oxygen atoms in total. The Kier molecular flexibility index (Phi) is 5.43. The van der Waals surface area contributed by atoms with Crippen molar-refractivity contribution in [2.75, 3.05) is 0 Å². The second kappa shape index (κ2) is 9.75. The summed E-state index contributed by atoms with van der Waals surface area (Å²) in [6.45, 7) is 0. The van der Waals surface area contributed by atoms with Gasteiger partial charge in [0.25, 0.3) is 0 Å². The largest absolute Gasteiger partial charge is 0.456 e. The normalized spacial score (nSPS) is 11.6. The zero-order chi connectivity index (χ0) is 29.0. The molecule has 0 N–H and O–H groups in total. The summed E-state index contributed by atoms with van der Waals surface area (Å²) in [4.78, 5) is 15.2. The van der Waals surface area contributed by atoms with Crippen LogP contribution in [0.2, 0.25) is 0 Å². The average Bonchev–Trinajstić information content (AvgIpc) is 3.67. The van der Waals surface area contributed by atoms with Crippen molar-refractivity contribution in [3.05, 3.63) is 140 Å². The number of hydrogen-bond donors (Lipinski definition) is 0. The van der Waals surface area contributed by atoms with Crippen molar-refractivity contribution >= 4 is 43.9 Å². The molecule has 0 unspecified atom stereocenters. The molecule has 0 amide bonds. The number of benzene rings is 6. The molecule has 0 radical (unpaired) electrons.